The van der Waals surface area contributed by atoms with E-state index in [4.69, 9.17) is 9.47 Å². The van der Waals surface area contributed by atoms with Crippen molar-refractivity contribution in [2.75, 3.05) is 27.3 Å². The quantitative estimate of drug-likeness (QED) is 0.857. The third-order valence-corrected chi connectivity index (χ3v) is 3.28. The van der Waals surface area contributed by atoms with Gasteiger partial charge in [-0.25, -0.2) is 0 Å². The van der Waals surface area contributed by atoms with Crippen LogP contribution in [0.5, 0.6) is 11.5 Å². The fraction of sp³-hybridized carbons (Fsp3) is 0.500. The fourth-order valence-corrected chi connectivity index (χ4v) is 2.23. The number of rotatable bonds is 4. The van der Waals surface area contributed by atoms with Crippen LogP contribution in [0.4, 0.5) is 0 Å². The molecule has 1 atom stereocenters. The van der Waals surface area contributed by atoms with Gasteiger partial charge in [0.1, 0.15) is 11.5 Å². The van der Waals surface area contributed by atoms with Crippen LogP contribution in [-0.2, 0) is 0 Å². The van der Waals surface area contributed by atoms with E-state index in [-0.39, 0.29) is 11.9 Å². The summed E-state index contributed by atoms with van der Waals surface area (Å²) in [5, 5.41) is 6.30. The molecule has 0 saturated carbocycles. The second-order valence-electron chi connectivity index (χ2n) is 4.58. The Hall–Kier alpha value is -1.75. The lowest BCUT2D eigenvalue weighted by atomic mass is 10.1. The highest BCUT2D eigenvalue weighted by Gasteiger charge is 2.19. The van der Waals surface area contributed by atoms with Gasteiger partial charge in [0, 0.05) is 12.6 Å². The molecule has 0 aliphatic carbocycles. The number of benzene rings is 1. The molecule has 0 spiro atoms. The van der Waals surface area contributed by atoms with Crippen LogP contribution in [0, 0.1) is 0 Å². The number of ether oxygens (including phenoxy) is 2. The Morgan fingerprint density at radius 3 is 2.84 bits per heavy atom. The Bertz CT molecular complexity index is 442. The first-order valence-corrected chi connectivity index (χ1v) is 6.48. The Morgan fingerprint density at radius 2 is 2.21 bits per heavy atom. The number of hydrogen-bond acceptors (Lipinski definition) is 4. The smallest absolute Gasteiger partial charge is 0.255 e. The maximum absolute atomic E-state index is 12.3. The van der Waals surface area contributed by atoms with Crippen LogP contribution in [0.1, 0.15) is 23.2 Å². The molecular formula is C14H20N2O3. The predicted octanol–water partition coefficient (Wildman–Crippen LogP) is 1.19. The van der Waals surface area contributed by atoms with Crippen molar-refractivity contribution in [2.45, 2.75) is 18.9 Å². The fourth-order valence-electron chi connectivity index (χ4n) is 2.23. The second-order valence-corrected chi connectivity index (χ2v) is 4.58. The Morgan fingerprint density at radius 1 is 1.37 bits per heavy atom. The molecule has 5 nitrogen and oxygen atoms in total. The van der Waals surface area contributed by atoms with Gasteiger partial charge >= 0.3 is 0 Å². The summed E-state index contributed by atoms with van der Waals surface area (Å²) < 4.78 is 10.4. The summed E-state index contributed by atoms with van der Waals surface area (Å²) >= 11 is 0. The minimum absolute atomic E-state index is 0.121. The molecule has 1 aromatic rings. The Labute approximate surface area is 113 Å². The highest BCUT2D eigenvalue weighted by molar-refractivity contribution is 5.97. The van der Waals surface area contributed by atoms with Gasteiger partial charge in [0.15, 0.2) is 0 Å². The molecule has 0 aromatic heterocycles. The summed E-state index contributed by atoms with van der Waals surface area (Å²) in [6.07, 6.45) is 2.09. The molecule has 0 radical (unpaired) electrons. The molecule has 1 saturated heterocycles. The van der Waals surface area contributed by atoms with Crippen molar-refractivity contribution in [1.29, 1.82) is 0 Å². The summed E-state index contributed by atoms with van der Waals surface area (Å²) in [6.45, 7) is 1.84. The Kier molecular flexibility index (Phi) is 4.63. The van der Waals surface area contributed by atoms with E-state index in [9.17, 15) is 4.79 Å². The van der Waals surface area contributed by atoms with Crippen molar-refractivity contribution in [3.63, 3.8) is 0 Å². The van der Waals surface area contributed by atoms with E-state index < -0.39 is 0 Å². The molecule has 1 aliphatic rings. The normalized spacial score (nSPS) is 18.7. The number of carbonyl (C=O) groups excluding carboxylic acids is 1. The minimum atomic E-state index is -0.121. The summed E-state index contributed by atoms with van der Waals surface area (Å²) in [5.41, 5.74) is 0.507. The number of nitrogens with one attached hydrogen (secondary N) is 2. The van der Waals surface area contributed by atoms with Gasteiger partial charge in [-0.15, -0.1) is 0 Å². The van der Waals surface area contributed by atoms with Crippen LogP contribution in [0.15, 0.2) is 18.2 Å². The van der Waals surface area contributed by atoms with Gasteiger partial charge in [0.2, 0.25) is 0 Å². The van der Waals surface area contributed by atoms with E-state index >= 15 is 0 Å². The zero-order valence-corrected chi connectivity index (χ0v) is 11.4. The van der Waals surface area contributed by atoms with Gasteiger partial charge in [-0.1, -0.05) is 0 Å². The van der Waals surface area contributed by atoms with Crippen molar-refractivity contribution < 1.29 is 14.3 Å². The molecule has 1 aliphatic heterocycles. The first-order chi connectivity index (χ1) is 9.24. The van der Waals surface area contributed by atoms with E-state index in [2.05, 4.69) is 10.6 Å². The van der Waals surface area contributed by atoms with Crippen molar-refractivity contribution in [2.24, 2.45) is 0 Å². The van der Waals surface area contributed by atoms with Crippen molar-refractivity contribution in [1.82, 2.24) is 10.6 Å². The zero-order chi connectivity index (χ0) is 13.7. The average molecular weight is 264 g/mol. The van der Waals surface area contributed by atoms with Gasteiger partial charge in [-0.3, -0.25) is 4.79 Å². The summed E-state index contributed by atoms with van der Waals surface area (Å²) in [5.74, 6) is 1.08. The molecule has 1 unspecified atom stereocenters. The molecule has 0 bridgehead atoms. The van der Waals surface area contributed by atoms with E-state index in [0.29, 0.717) is 17.1 Å². The molecule has 5 heteroatoms. The third kappa shape index (κ3) is 3.38. The van der Waals surface area contributed by atoms with Crippen molar-refractivity contribution in [3.05, 3.63) is 23.8 Å². The molecule has 1 heterocycles. The zero-order valence-electron chi connectivity index (χ0n) is 11.4. The van der Waals surface area contributed by atoms with Gasteiger partial charge in [-0.05, 0) is 37.6 Å². The van der Waals surface area contributed by atoms with Crippen molar-refractivity contribution in [3.8, 4) is 11.5 Å². The number of hydrogen-bond donors (Lipinski definition) is 2. The number of methoxy groups -OCH3 is 2. The largest absolute Gasteiger partial charge is 0.497 e. The van der Waals surface area contributed by atoms with Crippen LogP contribution in [0.25, 0.3) is 0 Å². The number of piperidine rings is 1. The lowest BCUT2D eigenvalue weighted by molar-refractivity contribution is 0.0927. The lowest BCUT2D eigenvalue weighted by Gasteiger charge is -2.24. The predicted molar refractivity (Wildman–Crippen MR) is 72.9 cm³/mol. The highest BCUT2D eigenvalue weighted by Crippen LogP contribution is 2.24. The lowest BCUT2D eigenvalue weighted by Crippen LogP contribution is -2.45. The summed E-state index contributed by atoms with van der Waals surface area (Å²) in [4.78, 5) is 12.3. The van der Waals surface area contributed by atoms with Crippen LogP contribution in [0.3, 0.4) is 0 Å². The first kappa shape index (κ1) is 13.7. The highest BCUT2D eigenvalue weighted by atomic mass is 16.5. The van der Waals surface area contributed by atoms with E-state index in [0.717, 1.165) is 25.9 Å². The molecule has 1 aromatic carbocycles. The van der Waals surface area contributed by atoms with Gasteiger partial charge in [-0.2, -0.15) is 0 Å². The van der Waals surface area contributed by atoms with E-state index in [1.54, 1.807) is 32.4 Å². The molecule has 2 N–H and O–H groups in total. The molecule has 1 fully saturated rings. The molecular weight excluding hydrogens is 244 g/mol. The van der Waals surface area contributed by atoms with Crippen LogP contribution in [0.2, 0.25) is 0 Å². The third-order valence-electron chi connectivity index (χ3n) is 3.28. The minimum Gasteiger partial charge on any atom is -0.497 e. The monoisotopic (exact) mass is 264 g/mol. The van der Waals surface area contributed by atoms with Gasteiger partial charge in [0.25, 0.3) is 5.91 Å². The summed E-state index contributed by atoms with van der Waals surface area (Å²) in [7, 11) is 3.13. The standard InChI is InChI=1S/C14H20N2O3/c1-18-11-5-6-13(19-2)12(8-11)14(17)16-10-4-3-7-15-9-10/h5-6,8,10,15H,3-4,7,9H2,1-2H3,(H,16,17). The maximum atomic E-state index is 12.3. The SMILES string of the molecule is COc1ccc(OC)c(C(=O)NC2CCCNC2)c1. The molecule has 1 amide bonds. The maximum Gasteiger partial charge on any atom is 0.255 e. The van der Waals surface area contributed by atoms with E-state index in [1.165, 1.54) is 0 Å². The summed E-state index contributed by atoms with van der Waals surface area (Å²) in [6, 6.07) is 5.40. The van der Waals surface area contributed by atoms with E-state index in [1.807, 2.05) is 0 Å². The molecule has 2 rings (SSSR count). The van der Waals surface area contributed by atoms with Crippen LogP contribution >= 0.6 is 0 Å². The number of amides is 1. The topological polar surface area (TPSA) is 59.6 Å². The van der Waals surface area contributed by atoms with Crippen LogP contribution in [-0.4, -0.2) is 39.3 Å². The second kappa shape index (κ2) is 6.43. The van der Waals surface area contributed by atoms with Crippen LogP contribution < -0.4 is 20.1 Å². The molecule has 104 valence electrons. The number of carbonyl (C=O) groups is 1. The van der Waals surface area contributed by atoms with Gasteiger partial charge in [0.05, 0.1) is 19.8 Å². The van der Waals surface area contributed by atoms with Gasteiger partial charge < -0.3 is 20.1 Å². The van der Waals surface area contributed by atoms with Crippen molar-refractivity contribution >= 4 is 5.91 Å². The molecule has 19 heavy (non-hydrogen) atoms. The Balaban J connectivity index is 2.12. The first-order valence-electron chi connectivity index (χ1n) is 6.48. The average Bonchev–Trinajstić information content (AvgIpc) is 2.47.